The fraction of sp³-hybridized carbons (Fsp3) is 0.393. The average molecular weight is 510 g/mol. The Labute approximate surface area is 217 Å². The lowest BCUT2D eigenvalue weighted by molar-refractivity contribution is -0.153. The number of H-pyrrole nitrogens is 1. The summed E-state index contributed by atoms with van der Waals surface area (Å²) in [7, 11) is 0. The number of nitrogens with zero attached hydrogens (tertiary/aromatic N) is 1. The highest BCUT2D eigenvalue weighted by molar-refractivity contribution is 7.80. The minimum atomic E-state index is -0.600. The van der Waals surface area contributed by atoms with E-state index in [9.17, 15) is 9.59 Å². The molecule has 36 heavy (non-hydrogen) atoms. The van der Waals surface area contributed by atoms with Gasteiger partial charge < -0.3 is 24.7 Å². The van der Waals surface area contributed by atoms with E-state index < -0.39 is 5.41 Å². The first-order valence-electron chi connectivity index (χ1n) is 12.1. The number of hydrogen-bond donors (Lipinski definition) is 2. The molecular weight excluding hydrogens is 474 g/mol. The van der Waals surface area contributed by atoms with E-state index in [0.29, 0.717) is 23.8 Å². The molecule has 0 saturated heterocycles. The molecule has 192 valence electrons. The predicted octanol–water partition coefficient (Wildman–Crippen LogP) is 5.33. The highest BCUT2D eigenvalue weighted by Crippen LogP contribution is 2.20. The Morgan fingerprint density at radius 1 is 1.11 bits per heavy atom. The molecule has 0 amide bonds. The Kier molecular flexibility index (Phi) is 8.74. The van der Waals surface area contributed by atoms with Gasteiger partial charge in [-0.2, -0.15) is 0 Å². The van der Waals surface area contributed by atoms with Crippen molar-refractivity contribution in [3.63, 3.8) is 0 Å². The van der Waals surface area contributed by atoms with Gasteiger partial charge in [-0.25, -0.2) is 0 Å². The van der Waals surface area contributed by atoms with Gasteiger partial charge in [-0.05, 0) is 101 Å². The third-order valence-corrected chi connectivity index (χ3v) is 6.00. The van der Waals surface area contributed by atoms with Gasteiger partial charge in [-0.3, -0.25) is 9.59 Å². The number of pyridine rings is 1. The highest BCUT2D eigenvalue weighted by Gasteiger charge is 2.23. The Hall–Kier alpha value is -3.39. The van der Waals surface area contributed by atoms with Gasteiger partial charge in [-0.15, -0.1) is 0 Å². The number of aryl methyl sites for hydroxylation is 2. The van der Waals surface area contributed by atoms with Crippen molar-refractivity contribution < 1.29 is 14.3 Å². The standard InChI is InChI=1S/C28H35N3O4S/c1-7-34-23-10-8-22(9-11-23)29-27(36)31(12-13-35-26(33)28(4,5)6)17-21-16-20-15-18(2)14-19(3)24(20)30-25(21)32/h8-11,14-16H,7,12-13,17H2,1-6H3,(H,29,36)(H,30,32). The third-order valence-electron chi connectivity index (χ3n) is 5.64. The molecule has 1 aromatic heterocycles. The van der Waals surface area contributed by atoms with Crippen LogP contribution in [0.25, 0.3) is 10.9 Å². The van der Waals surface area contributed by atoms with Crippen molar-refractivity contribution in [1.29, 1.82) is 0 Å². The molecule has 8 heteroatoms. The molecule has 2 aromatic carbocycles. The number of carbonyl (C=O) groups is 1. The molecular formula is C28H35N3O4S. The van der Waals surface area contributed by atoms with Gasteiger partial charge in [0.05, 0.1) is 30.6 Å². The van der Waals surface area contributed by atoms with Crippen molar-refractivity contribution in [2.75, 3.05) is 25.1 Å². The number of aromatic amines is 1. The first-order chi connectivity index (χ1) is 17.0. The number of anilines is 1. The van der Waals surface area contributed by atoms with Crippen LogP contribution < -0.4 is 15.6 Å². The number of hydrogen-bond acceptors (Lipinski definition) is 5. The van der Waals surface area contributed by atoms with Crippen LogP contribution in [0.4, 0.5) is 5.69 Å². The number of carbonyl (C=O) groups excluding carboxylic acids is 1. The maximum absolute atomic E-state index is 13.0. The van der Waals surface area contributed by atoms with E-state index >= 15 is 0 Å². The molecule has 0 aliphatic rings. The molecule has 0 bridgehead atoms. The molecule has 0 fully saturated rings. The van der Waals surface area contributed by atoms with Crippen LogP contribution in [0.5, 0.6) is 5.75 Å². The van der Waals surface area contributed by atoms with Crippen LogP contribution in [0.15, 0.2) is 47.3 Å². The first kappa shape index (κ1) is 27.2. The average Bonchev–Trinajstić information content (AvgIpc) is 2.80. The summed E-state index contributed by atoms with van der Waals surface area (Å²) in [6.45, 7) is 12.7. The van der Waals surface area contributed by atoms with E-state index in [1.807, 2.05) is 88.9 Å². The molecule has 0 radical (unpaired) electrons. The van der Waals surface area contributed by atoms with Crippen molar-refractivity contribution >= 4 is 39.9 Å². The summed E-state index contributed by atoms with van der Waals surface area (Å²) < 4.78 is 11.0. The van der Waals surface area contributed by atoms with E-state index in [1.54, 1.807) is 0 Å². The summed E-state index contributed by atoms with van der Waals surface area (Å²) in [5, 5.41) is 4.61. The monoisotopic (exact) mass is 509 g/mol. The second kappa shape index (κ2) is 11.6. The van der Waals surface area contributed by atoms with E-state index in [2.05, 4.69) is 10.3 Å². The van der Waals surface area contributed by atoms with Gasteiger partial charge in [0.1, 0.15) is 12.4 Å². The zero-order chi connectivity index (χ0) is 26.5. The number of ether oxygens (including phenoxy) is 2. The molecule has 3 aromatic rings. The molecule has 0 saturated carbocycles. The topological polar surface area (TPSA) is 83.7 Å². The minimum Gasteiger partial charge on any atom is -0.494 e. The molecule has 1 heterocycles. The zero-order valence-corrected chi connectivity index (χ0v) is 22.7. The molecule has 0 spiro atoms. The van der Waals surface area contributed by atoms with Gasteiger partial charge in [0.2, 0.25) is 0 Å². The van der Waals surface area contributed by atoms with Crippen LogP contribution in [0.2, 0.25) is 0 Å². The third kappa shape index (κ3) is 7.07. The zero-order valence-electron chi connectivity index (χ0n) is 21.9. The lowest BCUT2D eigenvalue weighted by Gasteiger charge is -2.26. The second-order valence-corrected chi connectivity index (χ2v) is 10.3. The quantitative estimate of drug-likeness (QED) is 0.314. The van der Waals surface area contributed by atoms with Gasteiger partial charge in [-0.1, -0.05) is 11.6 Å². The van der Waals surface area contributed by atoms with Crippen LogP contribution in [0, 0.1) is 19.3 Å². The Balaban J connectivity index is 1.84. The summed E-state index contributed by atoms with van der Waals surface area (Å²) >= 11 is 5.70. The van der Waals surface area contributed by atoms with Crippen molar-refractivity contribution in [3.05, 3.63) is 69.5 Å². The predicted molar refractivity (Wildman–Crippen MR) is 149 cm³/mol. The van der Waals surface area contributed by atoms with Crippen LogP contribution in [0.1, 0.15) is 44.4 Å². The molecule has 0 aliphatic heterocycles. The normalized spacial score (nSPS) is 11.3. The number of esters is 1. The lowest BCUT2D eigenvalue weighted by Crippen LogP contribution is -2.39. The Morgan fingerprint density at radius 3 is 2.44 bits per heavy atom. The highest BCUT2D eigenvalue weighted by atomic mass is 32.1. The fourth-order valence-electron chi connectivity index (χ4n) is 3.78. The summed E-state index contributed by atoms with van der Waals surface area (Å²) in [6.07, 6.45) is 0. The maximum atomic E-state index is 13.0. The number of aromatic nitrogens is 1. The molecule has 2 N–H and O–H groups in total. The number of thiocarbonyl (C=S) groups is 1. The largest absolute Gasteiger partial charge is 0.494 e. The molecule has 0 aliphatic carbocycles. The number of benzene rings is 2. The van der Waals surface area contributed by atoms with E-state index in [1.165, 1.54) is 0 Å². The molecule has 0 unspecified atom stereocenters. The molecule has 7 nitrogen and oxygen atoms in total. The summed E-state index contributed by atoms with van der Waals surface area (Å²) in [5.41, 5.74) is 3.57. The maximum Gasteiger partial charge on any atom is 0.311 e. The Morgan fingerprint density at radius 2 is 1.81 bits per heavy atom. The fourth-order valence-corrected chi connectivity index (χ4v) is 4.05. The number of nitrogens with one attached hydrogen (secondary N) is 2. The lowest BCUT2D eigenvalue weighted by atomic mass is 9.97. The summed E-state index contributed by atoms with van der Waals surface area (Å²) in [6, 6.07) is 13.5. The van der Waals surface area contributed by atoms with E-state index in [4.69, 9.17) is 21.7 Å². The molecule has 3 rings (SSSR count). The summed E-state index contributed by atoms with van der Waals surface area (Å²) in [4.78, 5) is 30.1. The van der Waals surface area contributed by atoms with Gasteiger partial charge in [0.25, 0.3) is 5.56 Å². The number of rotatable bonds is 8. The molecule has 0 atom stereocenters. The van der Waals surface area contributed by atoms with Gasteiger partial charge in [0, 0.05) is 11.3 Å². The first-order valence-corrected chi connectivity index (χ1v) is 12.5. The van der Waals surface area contributed by atoms with Crippen molar-refractivity contribution in [2.45, 2.75) is 48.1 Å². The van der Waals surface area contributed by atoms with Crippen LogP contribution in [-0.4, -0.2) is 40.7 Å². The smallest absolute Gasteiger partial charge is 0.311 e. The Bertz CT molecular complexity index is 1290. The van der Waals surface area contributed by atoms with Crippen LogP contribution in [-0.2, 0) is 16.1 Å². The number of fused-ring (bicyclic) bond motifs is 1. The van der Waals surface area contributed by atoms with Crippen LogP contribution in [0.3, 0.4) is 0 Å². The van der Waals surface area contributed by atoms with Crippen molar-refractivity contribution in [1.82, 2.24) is 9.88 Å². The van der Waals surface area contributed by atoms with Gasteiger partial charge in [0.15, 0.2) is 5.11 Å². The van der Waals surface area contributed by atoms with Crippen LogP contribution >= 0.6 is 12.2 Å². The van der Waals surface area contributed by atoms with Crippen molar-refractivity contribution in [2.24, 2.45) is 5.41 Å². The van der Waals surface area contributed by atoms with Gasteiger partial charge >= 0.3 is 5.97 Å². The SMILES string of the molecule is CCOc1ccc(NC(=S)N(CCOC(=O)C(C)(C)C)Cc2cc3cc(C)cc(C)c3[nH]c2=O)cc1. The van der Waals surface area contributed by atoms with Crippen molar-refractivity contribution in [3.8, 4) is 5.75 Å². The van der Waals surface area contributed by atoms with E-state index in [-0.39, 0.29) is 24.7 Å². The summed E-state index contributed by atoms with van der Waals surface area (Å²) in [5.74, 6) is 0.482. The minimum absolute atomic E-state index is 0.144. The van der Waals surface area contributed by atoms with E-state index in [0.717, 1.165) is 33.5 Å². The second-order valence-electron chi connectivity index (χ2n) is 9.86.